The molecule has 0 N–H and O–H groups in total. The van der Waals surface area contributed by atoms with E-state index in [0.717, 1.165) is 25.7 Å². The molecule has 0 heterocycles. The van der Waals surface area contributed by atoms with Crippen LogP contribution in [-0.4, -0.2) is 0 Å². The summed E-state index contributed by atoms with van der Waals surface area (Å²) in [4.78, 5) is 0. The highest BCUT2D eigenvalue weighted by Gasteiger charge is 2.65. The molecule has 0 fully saturated rings. The van der Waals surface area contributed by atoms with Crippen LogP contribution >= 0.6 is 15.7 Å². The van der Waals surface area contributed by atoms with Gasteiger partial charge in [0.25, 0.3) is 0 Å². The Balaban J connectivity index is 1.17. The molecule has 6 aromatic rings. The van der Waals surface area contributed by atoms with Crippen LogP contribution in [0.25, 0.3) is 0 Å². The van der Waals surface area contributed by atoms with Gasteiger partial charge in [-0.2, -0.15) is 0 Å². The van der Waals surface area contributed by atoms with Gasteiger partial charge in [0.2, 0.25) is 0 Å². The monoisotopic (exact) mass is 1310 g/mol. The third-order valence-electron chi connectivity index (χ3n) is 30.6. The van der Waals surface area contributed by atoms with Crippen molar-refractivity contribution in [1.29, 1.82) is 0 Å². The van der Waals surface area contributed by atoms with Crippen LogP contribution < -0.4 is 0 Å². The first-order chi connectivity index (χ1) is 44.3. The largest absolute Gasteiger partial charge is 0.0919 e. The molecule has 4 bridgehead atoms. The molecule has 2 heteroatoms. The average molecular weight is 1310 g/mol. The van der Waals surface area contributed by atoms with Crippen LogP contribution in [0.1, 0.15) is 416 Å². The summed E-state index contributed by atoms with van der Waals surface area (Å²) in [6.07, 6.45) is 18.9. The van der Waals surface area contributed by atoms with Gasteiger partial charge >= 0.3 is 0 Å². The molecule has 0 saturated heterocycles. The normalized spacial score (nSPS) is 30.1. The van der Waals surface area contributed by atoms with Gasteiger partial charge in [-0.15, -0.1) is 0 Å². The van der Waals surface area contributed by atoms with E-state index in [0.29, 0.717) is 0 Å². The summed E-state index contributed by atoms with van der Waals surface area (Å²) in [5, 5.41) is -1.01. The van der Waals surface area contributed by atoms with Crippen LogP contribution in [0.15, 0.2) is 72.8 Å². The molecule has 6 aromatic carbocycles. The summed E-state index contributed by atoms with van der Waals surface area (Å²) in [5.74, 6) is 0. The predicted molar refractivity (Wildman–Crippen MR) is 414 cm³/mol. The topological polar surface area (TPSA) is 0 Å². The molecule has 12 aliphatic rings. The van der Waals surface area contributed by atoms with Crippen LogP contribution in [0.2, 0.25) is 0 Å². The quantitative estimate of drug-likeness (QED) is 0.146. The first-order valence-electron chi connectivity index (χ1n) is 38.9. The van der Waals surface area contributed by atoms with Crippen LogP contribution in [0.4, 0.5) is 0 Å². The van der Waals surface area contributed by atoms with Crippen molar-refractivity contribution in [3.8, 4) is 0 Å². The molecular formula is C94H122P2. The van der Waals surface area contributed by atoms with E-state index in [4.69, 9.17) is 0 Å². The van der Waals surface area contributed by atoms with E-state index in [9.17, 15) is 0 Å². The Bertz CT molecular complexity index is 3750. The Morgan fingerprint density at radius 1 is 0.188 bits per heavy atom. The molecule has 508 valence electrons. The van der Waals surface area contributed by atoms with E-state index in [1.807, 2.05) is 0 Å². The van der Waals surface area contributed by atoms with Crippen molar-refractivity contribution in [2.45, 2.75) is 369 Å². The number of fused-ring (bicyclic) bond motifs is 6. The summed E-state index contributed by atoms with van der Waals surface area (Å²) >= 11 is 0. The number of rotatable bonds is 6. The second kappa shape index (κ2) is 19.5. The maximum Gasteiger partial charge on any atom is 0.0919 e. The molecule has 12 aliphatic carbocycles. The Morgan fingerprint density at radius 3 is 0.417 bits per heavy atom. The van der Waals surface area contributed by atoms with Crippen LogP contribution in [0, 0.1) is 0 Å². The summed E-state index contributed by atoms with van der Waals surface area (Å²) in [5.41, 5.74) is 39.1. The average Bonchev–Trinajstić information content (AvgIpc) is 0.648. The summed E-state index contributed by atoms with van der Waals surface area (Å²) in [7, 11) is 2.93. The van der Waals surface area contributed by atoms with Gasteiger partial charge in [-0.05, 0) is 288 Å². The highest BCUT2D eigenvalue weighted by atomic mass is 31.7. The summed E-state index contributed by atoms with van der Waals surface area (Å²) in [6, 6.07) is 35.5. The molecule has 0 aromatic heterocycles. The van der Waals surface area contributed by atoms with Gasteiger partial charge in [-0.1, -0.05) is 281 Å². The first-order valence-corrected chi connectivity index (χ1v) is 41.4. The lowest BCUT2D eigenvalue weighted by molar-refractivity contribution is 0.324. The summed E-state index contributed by atoms with van der Waals surface area (Å²) in [6.45, 7) is 67.8. The summed E-state index contributed by atoms with van der Waals surface area (Å²) < 4.78 is 0. The van der Waals surface area contributed by atoms with Crippen molar-refractivity contribution in [2.75, 3.05) is 0 Å². The van der Waals surface area contributed by atoms with Crippen molar-refractivity contribution < 1.29 is 0 Å². The molecule has 0 unspecified atom stereocenters. The lowest BCUT2D eigenvalue weighted by Crippen LogP contribution is -2.52. The Hall–Kier alpha value is -4.08. The van der Waals surface area contributed by atoms with E-state index in [-0.39, 0.29) is 75.8 Å². The lowest BCUT2D eigenvalue weighted by Gasteiger charge is -2.60. The van der Waals surface area contributed by atoms with Crippen molar-refractivity contribution in [2.24, 2.45) is 0 Å². The fourth-order valence-electron chi connectivity index (χ4n) is 23.4. The molecule has 0 spiro atoms. The van der Waals surface area contributed by atoms with Crippen molar-refractivity contribution in [1.82, 2.24) is 0 Å². The van der Waals surface area contributed by atoms with Crippen molar-refractivity contribution in [3.05, 3.63) is 206 Å². The highest BCUT2D eigenvalue weighted by Crippen LogP contribution is 2.77. The molecule has 0 aliphatic heterocycles. The lowest BCUT2D eigenvalue weighted by atomic mass is 9.47. The standard InChI is InChI=1S/C94H122P2/c1-27-29-91-67-43-55-61(85(15,16)37-31-79(55,3)4)49-73(67)93(74-50-62-56(44-68(74)91)80(5,6)32-38-86(62,17)18,75-51-63-57(45-69(75)91)81(7,8)33-39-87(63,19)20)95-96-94-76-52-64-58(82(9,10)34-40-88(64,21)22)46-70(76)92(30-28-2,71-47-59-65(53-77(71)94)89(23,24)41-35-83(59,11)12)72-48-60-66(54-78(72)94)90(25,26)42-36-84(60,13)14/h43-54H,27-42H2,1-26H3. The second-order valence-electron chi connectivity index (χ2n) is 42.2. The Labute approximate surface area is 587 Å². The van der Waals surface area contributed by atoms with Crippen LogP contribution in [0.5, 0.6) is 0 Å². The van der Waals surface area contributed by atoms with Crippen LogP contribution in [0.3, 0.4) is 0 Å². The SMILES string of the molecule is CCCC12c3cc4c(cc3C(P=PC35c6cc7c(cc6C(CCC)(c6cc8c(cc63)C(C)(C)CCC8(C)C)c3cc6c(cc35)C(C)(C)CCC6(C)C)C(C)(C)CCC7(C)C)(c3cc5c(cc31)C(C)(C)CCC5(C)C)c1cc3c(cc12)C(C)(C)CCC3(C)C)C(C)(C)CCC4(C)C. The van der Waals surface area contributed by atoms with E-state index in [2.05, 4.69) is 253 Å². The van der Waals surface area contributed by atoms with Gasteiger partial charge in [0, 0.05) is 10.8 Å². The molecule has 96 heavy (non-hydrogen) atoms. The maximum absolute atomic E-state index is 2.97. The third-order valence-corrected chi connectivity index (χ3v) is 34.9. The fourth-order valence-corrected chi connectivity index (χ4v) is 28.3. The van der Waals surface area contributed by atoms with Gasteiger partial charge in [-0.25, -0.2) is 0 Å². The van der Waals surface area contributed by atoms with E-state index < -0.39 is 10.3 Å². The van der Waals surface area contributed by atoms with Gasteiger partial charge in [0.15, 0.2) is 0 Å². The van der Waals surface area contributed by atoms with Gasteiger partial charge in [0.05, 0.1) is 10.3 Å². The zero-order valence-corrected chi connectivity index (χ0v) is 66.9. The minimum Gasteiger partial charge on any atom is -0.0653 e. The van der Waals surface area contributed by atoms with Crippen molar-refractivity contribution >= 4 is 15.7 Å². The molecule has 18 rings (SSSR count). The third kappa shape index (κ3) is 8.29. The minimum absolute atomic E-state index is 0.0313. The molecule has 0 saturated carbocycles. The maximum atomic E-state index is 2.97. The van der Waals surface area contributed by atoms with Crippen molar-refractivity contribution in [3.63, 3.8) is 0 Å². The number of hydrogen-bond acceptors (Lipinski definition) is 0. The minimum atomic E-state index is -0.506. The molecule has 0 atom stereocenters. The highest BCUT2D eigenvalue weighted by molar-refractivity contribution is 7.85. The van der Waals surface area contributed by atoms with E-state index >= 15 is 0 Å². The zero-order chi connectivity index (χ0) is 69.1. The van der Waals surface area contributed by atoms with Crippen LogP contribution in [-0.2, 0) is 86.1 Å². The predicted octanol–water partition coefficient (Wildman–Crippen LogP) is 26.4. The zero-order valence-electron chi connectivity index (χ0n) is 65.1. The number of hydrogen-bond donors (Lipinski definition) is 0. The molecular weight excluding hydrogens is 1190 g/mol. The van der Waals surface area contributed by atoms with Gasteiger partial charge < -0.3 is 0 Å². The molecule has 0 nitrogen and oxygen atoms in total. The van der Waals surface area contributed by atoms with E-state index in [1.165, 1.54) is 92.8 Å². The fraction of sp³-hybridized carbons (Fsp3) is 0.617. The Kier molecular flexibility index (Phi) is 13.5. The van der Waals surface area contributed by atoms with E-state index in [1.54, 1.807) is 134 Å². The van der Waals surface area contributed by atoms with Gasteiger partial charge in [0.1, 0.15) is 0 Å². The second-order valence-corrected chi connectivity index (χ2v) is 45.1. The molecule has 0 radical (unpaired) electrons. The number of benzene rings is 6. The Morgan fingerprint density at radius 2 is 0.302 bits per heavy atom. The smallest absolute Gasteiger partial charge is 0.0653 e. The van der Waals surface area contributed by atoms with Gasteiger partial charge in [-0.3, -0.25) is 0 Å². The first kappa shape index (κ1) is 66.5. The molecule has 0 amide bonds.